The van der Waals surface area contributed by atoms with Gasteiger partial charge in [-0.15, -0.1) is 0 Å². The molecule has 1 rings (SSSR count). The molecular weight excluding hydrogens is 202 g/mol. The molecule has 0 aliphatic rings. The van der Waals surface area contributed by atoms with Crippen LogP contribution in [0.4, 0.5) is 5.69 Å². The number of likely N-dealkylation sites (N-methyl/N-ethyl adjacent to an activating group) is 1. The third-order valence-electron chi connectivity index (χ3n) is 2.13. The molecule has 1 amide bonds. The molecule has 4 heteroatoms. The molecule has 3 N–H and O–H groups in total. The van der Waals surface area contributed by atoms with Gasteiger partial charge in [0.2, 0.25) is 5.91 Å². The Bertz CT molecular complexity index is 313. The smallest absolute Gasteiger partial charge is 0.234 e. The van der Waals surface area contributed by atoms with Crippen molar-refractivity contribution in [2.75, 3.05) is 25.5 Å². The van der Waals surface area contributed by atoms with E-state index in [1.165, 1.54) is 0 Å². The van der Waals surface area contributed by atoms with Crippen LogP contribution in [-0.2, 0) is 4.79 Å². The average molecular weight is 221 g/mol. The molecule has 88 valence electrons. The lowest BCUT2D eigenvalue weighted by Gasteiger charge is -2.15. The highest BCUT2D eigenvalue weighted by atomic mass is 16.1. The van der Waals surface area contributed by atoms with Gasteiger partial charge in [0, 0.05) is 18.3 Å². The summed E-state index contributed by atoms with van der Waals surface area (Å²) in [6.45, 7) is 3.05. The van der Waals surface area contributed by atoms with Crippen LogP contribution in [0.2, 0.25) is 0 Å². The van der Waals surface area contributed by atoms with Crippen LogP contribution in [0.15, 0.2) is 30.3 Å². The van der Waals surface area contributed by atoms with E-state index in [-0.39, 0.29) is 11.9 Å². The molecule has 1 unspecified atom stereocenters. The van der Waals surface area contributed by atoms with Gasteiger partial charge in [-0.05, 0) is 26.1 Å². The Morgan fingerprint density at radius 3 is 2.62 bits per heavy atom. The van der Waals surface area contributed by atoms with Crippen molar-refractivity contribution in [2.24, 2.45) is 0 Å². The zero-order valence-corrected chi connectivity index (χ0v) is 9.79. The summed E-state index contributed by atoms with van der Waals surface area (Å²) in [5.74, 6) is 0.0184. The van der Waals surface area contributed by atoms with Gasteiger partial charge in [-0.2, -0.15) is 0 Å². The number of rotatable bonds is 6. The van der Waals surface area contributed by atoms with Crippen LogP contribution in [0.1, 0.15) is 6.92 Å². The summed E-state index contributed by atoms with van der Waals surface area (Å²) >= 11 is 0. The number of benzene rings is 1. The minimum Gasteiger partial charge on any atom is -0.383 e. The zero-order chi connectivity index (χ0) is 11.8. The van der Waals surface area contributed by atoms with Crippen molar-refractivity contribution in [3.05, 3.63) is 30.3 Å². The number of para-hydroxylation sites is 1. The van der Waals surface area contributed by atoms with Crippen molar-refractivity contribution < 1.29 is 4.79 Å². The first kappa shape index (κ1) is 12.5. The molecular formula is C12H19N3O. The highest BCUT2D eigenvalue weighted by molar-refractivity contribution is 5.78. The Labute approximate surface area is 96.4 Å². The van der Waals surface area contributed by atoms with Gasteiger partial charge in [-0.25, -0.2) is 0 Å². The lowest BCUT2D eigenvalue weighted by molar-refractivity contribution is -0.120. The average Bonchev–Trinajstić information content (AvgIpc) is 2.28. The number of hydrogen-bond donors (Lipinski definition) is 3. The van der Waals surface area contributed by atoms with Crippen LogP contribution in [0, 0.1) is 0 Å². The summed E-state index contributed by atoms with van der Waals surface area (Å²) in [6.07, 6.45) is 0. The van der Waals surface area contributed by atoms with Gasteiger partial charge in [0.1, 0.15) is 0 Å². The van der Waals surface area contributed by atoms with Gasteiger partial charge in [0.05, 0.1) is 6.54 Å². The minimum atomic E-state index is 0.0184. The molecule has 16 heavy (non-hydrogen) atoms. The van der Waals surface area contributed by atoms with E-state index in [9.17, 15) is 4.79 Å². The summed E-state index contributed by atoms with van der Waals surface area (Å²) in [7, 11) is 1.76. The first-order valence-corrected chi connectivity index (χ1v) is 5.45. The van der Waals surface area contributed by atoms with E-state index in [0.717, 1.165) is 12.2 Å². The van der Waals surface area contributed by atoms with Crippen LogP contribution in [-0.4, -0.2) is 32.1 Å². The Balaban J connectivity index is 2.25. The number of hydrogen-bond acceptors (Lipinski definition) is 3. The Morgan fingerprint density at radius 2 is 2.00 bits per heavy atom. The fourth-order valence-corrected chi connectivity index (χ4v) is 1.36. The second kappa shape index (κ2) is 6.85. The summed E-state index contributed by atoms with van der Waals surface area (Å²) in [5.41, 5.74) is 1.07. The predicted molar refractivity (Wildman–Crippen MR) is 66.5 cm³/mol. The van der Waals surface area contributed by atoms with Gasteiger partial charge in [0.25, 0.3) is 0 Å². The van der Waals surface area contributed by atoms with E-state index in [0.29, 0.717) is 6.54 Å². The molecule has 0 spiro atoms. The van der Waals surface area contributed by atoms with Crippen LogP contribution in [0.5, 0.6) is 0 Å². The second-order valence-electron chi connectivity index (χ2n) is 3.75. The van der Waals surface area contributed by atoms with E-state index in [4.69, 9.17) is 0 Å². The summed E-state index contributed by atoms with van der Waals surface area (Å²) in [6, 6.07) is 10.0. The topological polar surface area (TPSA) is 53.2 Å². The molecule has 0 radical (unpaired) electrons. The summed E-state index contributed by atoms with van der Waals surface area (Å²) in [4.78, 5) is 11.3. The Kier molecular flexibility index (Phi) is 5.36. The molecule has 0 saturated heterocycles. The van der Waals surface area contributed by atoms with Gasteiger partial charge in [-0.1, -0.05) is 18.2 Å². The Hall–Kier alpha value is -1.55. The molecule has 0 aromatic heterocycles. The molecule has 0 fully saturated rings. The number of amides is 1. The molecule has 1 aromatic carbocycles. The molecule has 4 nitrogen and oxygen atoms in total. The third kappa shape index (κ3) is 4.79. The highest BCUT2D eigenvalue weighted by Crippen LogP contribution is 2.04. The maximum atomic E-state index is 11.3. The van der Waals surface area contributed by atoms with Crippen LogP contribution in [0.3, 0.4) is 0 Å². The van der Waals surface area contributed by atoms with Crippen molar-refractivity contribution in [2.45, 2.75) is 13.0 Å². The normalized spacial score (nSPS) is 11.9. The SMILES string of the molecule is CNCC(=O)NC(C)CNc1ccccc1. The maximum Gasteiger partial charge on any atom is 0.234 e. The van der Waals surface area contributed by atoms with Gasteiger partial charge < -0.3 is 16.0 Å². The second-order valence-corrected chi connectivity index (χ2v) is 3.75. The third-order valence-corrected chi connectivity index (χ3v) is 2.13. The summed E-state index contributed by atoms with van der Waals surface area (Å²) < 4.78 is 0. The lowest BCUT2D eigenvalue weighted by atomic mass is 10.3. The molecule has 0 aliphatic carbocycles. The highest BCUT2D eigenvalue weighted by Gasteiger charge is 2.05. The van der Waals surface area contributed by atoms with Crippen LogP contribution in [0.25, 0.3) is 0 Å². The van der Waals surface area contributed by atoms with E-state index in [1.54, 1.807) is 7.05 Å². The predicted octanol–water partition coefficient (Wildman–Crippen LogP) is 0.823. The number of anilines is 1. The van der Waals surface area contributed by atoms with Crippen LogP contribution < -0.4 is 16.0 Å². The van der Waals surface area contributed by atoms with E-state index in [2.05, 4.69) is 16.0 Å². The van der Waals surface area contributed by atoms with Crippen molar-refractivity contribution in [3.63, 3.8) is 0 Å². The zero-order valence-electron chi connectivity index (χ0n) is 9.79. The molecule has 0 saturated carbocycles. The van der Waals surface area contributed by atoms with Gasteiger partial charge in [-0.3, -0.25) is 4.79 Å². The minimum absolute atomic E-state index is 0.0184. The molecule has 0 aliphatic heterocycles. The maximum absolute atomic E-state index is 11.3. The quantitative estimate of drug-likeness (QED) is 0.666. The largest absolute Gasteiger partial charge is 0.383 e. The van der Waals surface area contributed by atoms with Gasteiger partial charge in [0.15, 0.2) is 0 Å². The van der Waals surface area contributed by atoms with Crippen molar-refractivity contribution in [3.8, 4) is 0 Å². The molecule has 0 heterocycles. The van der Waals surface area contributed by atoms with Crippen molar-refractivity contribution in [1.29, 1.82) is 0 Å². The fourth-order valence-electron chi connectivity index (χ4n) is 1.36. The number of carbonyl (C=O) groups excluding carboxylic acids is 1. The fraction of sp³-hybridized carbons (Fsp3) is 0.417. The summed E-state index contributed by atoms with van der Waals surface area (Å²) in [5, 5.41) is 8.96. The van der Waals surface area contributed by atoms with Crippen molar-refractivity contribution in [1.82, 2.24) is 10.6 Å². The van der Waals surface area contributed by atoms with E-state index < -0.39 is 0 Å². The molecule has 0 bridgehead atoms. The van der Waals surface area contributed by atoms with Gasteiger partial charge >= 0.3 is 0 Å². The molecule has 1 atom stereocenters. The first-order chi connectivity index (χ1) is 7.72. The lowest BCUT2D eigenvalue weighted by Crippen LogP contribution is -2.41. The number of nitrogens with one attached hydrogen (secondary N) is 3. The Morgan fingerprint density at radius 1 is 1.31 bits per heavy atom. The van der Waals surface area contributed by atoms with E-state index >= 15 is 0 Å². The van der Waals surface area contributed by atoms with E-state index in [1.807, 2.05) is 37.3 Å². The monoisotopic (exact) mass is 221 g/mol. The van der Waals surface area contributed by atoms with Crippen molar-refractivity contribution >= 4 is 11.6 Å². The standard InChI is InChI=1S/C12H19N3O/c1-10(15-12(16)9-13-2)8-14-11-6-4-3-5-7-11/h3-7,10,13-14H,8-9H2,1-2H3,(H,15,16). The number of carbonyl (C=O) groups is 1. The molecule has 1 aromatic rings. The first-order valence-electron chi connectivity index (χ1n) is 5.45. The van der Waals surface area contributed by atoms with Crippen LogP contribution >= 0.6 is 0 Å².